The molecule has 10 heteroatoms. The maximum absolute atomic E-state index is 13.8. The highest BCUT2D eigenvalue weighted by Crippen LogP contribution is 2.31. The van der Waals surface area contributed by atoms with E-state index in [-0.39, 0.29) is 5.69 Å². The highest BCUT2D eigenvalue weighted by Gasteiger charge is 2.32. The van der Waals surface area contributed by atoms with Crippen LogP contribution in [0.2, 0.25) is 0 Å². The maximum Gasteiger partial charge on any atom is 0.433 e. The van der Waals surface area contributed by atoms with Gasteiger partial charge in [-0.05, 0) is 42.5 Å². The number of halogens is 5. The summed E-state index contributed by atoms with van der Waals surface area (Å²) in [6, 6.07) is 11.0. The van der Waals surface area contributed by atoms with Crippen LogP contribution < -0.4 is 5.32 Å². The molecular weight excluding hydrogens is 423 g/mol. The second-order valence-electron chi connectivity index (χ2n) is 6.30. The van der Waals surface area contributed by atoms with Gasteiger partial charge in [0.05, 0.1) is 16.8 Å². The summed E-state index contributed by atoms with van der Waals surface area (Å²) in [4.78, 5) is 11.2. The Labute approximate surface area is 171 Å². The number of aromatic amines is 1. The van der Waals surface area contributed by atoms with Crippen molar-refractivity contribution in [2.45, 2.75) is 16.8 Å². The number of benzene rings is 2. The second kappa shape index (κ2) is 7.94. The molecule has 30 heavy (non-hydrogen) atoms. The molecule has 0 atom stereocenters. The van der Waals surface area contributed by atoms with Crippen LogP contribution in [-0.4, -0.2) is 15.0 Å². The molecule has 0 aliphatic heterocycles. The first kappa shape index (κ1) is 20.1. The first-order chi connectivity index (χ1) is 14.3. The third kappa shape index (κ3) is 4.38. The zero-order chi connectivity index (χ0) is 21.3. The van der Waals surface area contributed by atoms with Crippen LogP contribution in [0.5, 0.6) is 0 Å². The summed E-state index contributed by atoms with van der Waals surface area (Å²) >= 11 is 1.18. The topological polar surface area (TPSA) is 53.6 Å². The lowest BCUT2D eigenvalue weighted by atomic mass is 10.2. The van der Waals surface area contributed by atoms with Crippen LogP contribution >= 0.6 is 11.8 Å². The third-order valence-corrected chi connectivity index (χ3v) is 5.17. The number of aromatic nitrogens is 3. The summed E-state index contributed by atoms with van der Waals surface area (Å²) in [6.07, 6.45) is -3.39. The number of nitrogens with one attached hydrogen (secondary N) is 2. The SMILES string of the molecule is Fc1cccc(F)c1Nc1ccc2nc(CSc3ccnc(C(F)(F)F)c3)[nH]c2c1. The molecule has 0 spiro atoms. The Morgan fingerprint density at radius 3 is 2.50 bits per heavy atom. The molecule has 154 valence electrons. The highest BCUT2D eigenvalue weighted by molar-refractivity contribution is 7.98. The average molecular weight is 436 g/mol. The van der Waals surface area contributed by atoms with Crippen LogP contribution in [-0.2, 0) is 11.9 Å². The van der Waals surface area contributed by atoms with E-state index < -0.39 is 23.5 Å². The molecule has 0 aliphatic rings. The molecule has 2 N–H and O–H groups in total. The number of alkyl halides is 3. The van der Waals surface area contributed by atoms with E-state index in [0.717, 1.165) is 24.4 Å². The second-order valence-corrected chi connectivity index (χ2v) is 7.35. The molecule has 2 aromatic heterocycles. The number of H-pyrrole nitrogens is 1. The minimum absolute atomic E-state index is 0.259. The minimum Gasteiger partial charge on any atom is -0.351 e. The molecule has 0 aliphatic carbocycles. The molecule has 0 saturated carbocycles. The lowest BCUT2D eigenvalue weighted by Gasteiger charge is -2.08. The van der Waals surface area contributed by atoms with E-state index in [4.69, 9.17) is 0 Å². The van der Waals surface area contributed by atoms with Crippen molar-refractivity contribution < 1.29 is 22.0 Å². The third-order valence-electron chi connectivity index (χ3n) is 4.16. The Morgan fingerprint density at radius 1 is 1.00 bits per heavy atom. The van der Waals surface area contributed by atoms with Gasteiger partial charge in [0.25, 0.3) is 0 Å². The Bertz CT molecular complexity index is 1190. The van der Waals surface area contributed by atoms with Crippen LogP contribution in [0.4, 0.5) is 33.3 Å². The minimum atomic E-state index is -4.50. The summed E-state index contributed by atoms with van der Waals surface area (Å²) in [5, 5.41) is 2.70. The number of hydrogen-bond donors (Lipinski definition) is 2. The molecule has 2 aromatic carbocycles. The van der Waals surface area contributed by atoms with E-state index in [1.54, 1.807) is 18.2 Å². The molecular formula is C20H13F5N4S. The molecule has 4 rings (SSSR count). The summed E-state index contributed by atoms with van der Waals surface area (Å²) < 4.78 is 65.9. The van der Waals surface area contributed by atoms with Crippen LogP contribution in [0.3, 0.4) is 0 Å². The number of thioether (sulfide) groups is 1. The predicted octanol–water partition coefficient (Wildman–Crippen LogP) is 6.29. The number of nitrogens with zero attached hydrogens (tertiary/aromatic N) is 2. The quantitative estimate of drug-likeness (QED) is 0.285. The number of imidazole rings is 1. The first-order valence-electron chi connectivity index (χ1n) is 8.65. The van der Waals surface area contributed by atoms with Gasteiger partial charge >= 0.3 is 6.18 Å². The van der Waals surface area contributed by atoms with Gasteiger partial charge in [-0.15, -0.1) is 11.8 Å². The van der Waals surface area contributed by atoms with Gasteiger partial charge in [0.15, 0.2) is 0 Å². The normalized spacial score (nSPS) is 11.8. The summed E-state index contributed by atoms with van der Waals surface area (Å²) in [5.41, 5.74) is 0.491. The summed E-state index contributed by atoms with van der Waals surface area (Å²) in [6.45, 7) is 0. The van der Waals surface area contributed by atoms with E-state index in [1.807, 2.05) is 0 Å². The lowest BCUT2D eigenvalue weighted by molar-refractivity contribution is -0.141. The molecule has 4 aromatic rings. The van der Waals surface area contributed by atoms with Crippen LogP contribution in [0.1, 0.15) is 11.5 Å². The van der Waals surface area contributed by atoms with Gasteiger partial charge in [-0.3, -0.25) is 4.98 Å². The van der Waals surface area contributed by atoms with Crippen LogP contribution in [0, 0.1) is 11.6 Å². The van der Waals surface area contributed by atoms with Crippen molar-refractivity contribution in [1.82, 2.24) is 15.0 Å². The number of rotatable bonds is 5. The molecule has 0 amide bonds. The molecule has 2 heterocycles. The number of anilines is 2. The number of fused-ring (bicyclic) bond motifs is 1. The number of para-hydroxylation sites is 1. The van der Waals surface area contributed by atoms with Gasteiger partial charge in [0.1, 0.15) is 28.8 Å². The molecule has 0 fully saturated rings. The highest BCUT2D eigenvalue weighted by atomic mass is 32.2. The fourth-order valence-electron chi connectivity index (χ4n) is 2.78. The number of pyridine rings is 1. The van der Waals surface area contributed by atoms with Crippen LogP contribution in [0.25, 0.3) is 11.0 Å². The fourth-order valence-corrected chi connectivity index (χ4v) is 3.57. The van der Waals surface area contributed by atoms with Gasteiger partial charge in [0, 0.05) is 16.8 Å². The molecule has 0 unspecified atom stereocenters. The first-order valence-corrected chi connectivity index (χ1v) is 9.64. The smallest absolute Gasteiger partial charge is 0.351 e. The largest absolute Gasteiger partial charge is 0.433 e. The predicted molar refractivity (Wildman–Crippen MR) is 105 cm³/mol. The van der Waals surface area contributed by atoms with E-state index in [1.165, 1.54) is 23.9 Å². The van der Waals surface area contributed by atoms with Gasteiger partial charge in [-0.25, -0.2) is 13.8 Å². The zero-order valence-corrected chi connectivity index (χ0v) is 15.9. The van der Waals surface area contributed by atoms with E-state index in [2.05, 4.69) is 20.3 Å². The fraction of sp³-hybridized carbons (Fsp3) is 0.100. The average Bonchev–Trinajstić information content (AvgIpc) is 3.11. The van der Waals surface area contributed by atoms with Crippen molar-refractivity contribution in [3.63, 3.8) is 0 Å². The van der Waals surface area contributed by atoms with Gasteiger partial charge in [-0.1, -0.05) is 6.07 Å². The van der Waals surface area contributed by atoms with Crippen molar-refractivity contribution in [2.75, 3.05) is 5.32 Å². The zero-order valence-electron chi connectivity index (χ0n) is 15.1. The summed E-state index contributed by atoms with van der Waals surface area (Å²) in [7, 11) is 0. The maximum atomic E-state index is 13.8. The monoisotopic (exact) mass is 436 g/mol. The Morgan fingerprint density at radius 2 is 1.77 bits per heavy atom. The molecule has 0 radical (unpaired) electrons. The lowest BCUT2D eigenvalue weighted by Crippen LogP contribution is -2.07. The van der Waals surface area contributed by atoms with E-state index >= 15 is 0 Å². The molecule has 0 bridgehead atoms. The van der Waals surface area contributed by atoms with Crippen molar-refractivity contribution in [1.29, 1.82) is 0 Å². The van der Waals surface area contributed by atoms with Gasteiger partial charge in [-0.2, -0.15) is 13.2 Å². The van der Waals surface area contributed by atoms with Crippen LogP contribution in [0.15, 0.2) is 59.6 Å². The molecule has 4 nitrogen and oxygen atoms in total. The van der Waals surface area contributed by atoms with Gasteiger partial charge in [0.2, 0.25) is 0 Å². The summed E-state index contributed by atoms with van der Waals surface area (Å²) in [5.74, 6) is -0.574. The van der Waals surface area contributed by atoms with Crippen molar-refractivity contribution >= 4 is 34.2 Å². The van der Waals surface area contributed by atoms with Crippen molar-refractivity contribution in [3.05, 3.63) is 77.9 Å². The van der Waals surface area contributed by atoms with Gasteiger partial charge < -0.3 is 10.3 Å². The Balaban J connectivity index is 1.50. The van der Waals surface area contributed by atoms with Crippen molar-refractivity contribution in [3.8, 4) is 0 Å². The Kier molecular flexibility index (Phi) is 5.33. The molecule has 0 saturated heterocycles. The van der Waals surface area contributed by atoms with E-state index in [9.17, 15) is 22.0 Å². The number of hydrogen-bond acceptors (Lipinski definition) is 4. The standard InChI is InChI=1S/C20H13F5N4S/c21-13-2-1-3-14(22)19(13)27-11-4-5-15-16(8-11)29-18(28-15)10-30-12-6-7-26-17(9-12)20(23,24)25/h1-9,27H,10H2,(H,28,29). The van der Waals surface area contributed by atoms with Crippen molar-refractivity contribution in [2.24, 2.45) is 0 Å². The van der Waals surface area contributed by atoms with E-state index in [0.29, 0.717) is 33.2 Å². The Hall–Kier alpha value is -3.14.